The number of oxime groups is 1. The van der Waals surface area contributed by atoms with Gasteiger partial charge >= 0.3 is 23.9 Å². The summed E-state index contributed by atoms with van der Waals surface area (Å²) in [5, 5.41) is 4.17. The van der Waals surface area contributed by atoms with Gasteiger partial charge in [-0.2, -0.15) is 0 Å². The maximum Gasteiger partial charge on any atom is 0.303 e. The summed E-state index contributed by atoms with van der Waals surface area (Å²) in [5.74, 6) is -2.86. The monoisotopic (exact) mass is 439 g/mol. The minimum absolute atomic E-state index is 0.210. The second-order valence-corrected chi connectivity index (χ2v) is 7.80. The topological polar surface area (TPSA) is 127 Å². The zero-order valence-corrected chi connectivity index (χ0v) is 18.6. The molecule has 0 aromatic carbocycles. The Kier molecular flexibility index (Phi) is 8.18. The quantitative estimate of drug-likeness (QED) is 0.316. The maximum atomic E-state index is 11.9. The molecular formula is C21H29NO9. The molecular weight excluding hydrogens is 410 g/mol. The van der Waals surface area contributed by atoms with Crippen molar-refractivity contribution < 1.29 is 43.0 Å². The molecule has 0 unspecified atom stereocenters. The predicted octanol–water partition coefficient (Wildman–Crippen LogP) is 1.85. The van der Waals surface area contributed by atoms with Crippen LogP contribution in [0.5, 0.6) is 0 Å². The predicted molar refractivity (Wildman–Crippen MR) is 107 cm³/mol. The maximum absolute atomic E-state index is 11.9. The van der Waals surface area contributed by atoms with Gasteiger partial charge in [0, 0.05) is 40.0 Å². The molecule has 31 heavy (non-hydrogen) atoms. The number of allylic oxidation sites excluding steroid dienone is 2. The van der Waals surface area contributed by atoms with E-state index in [0.717, 1.165) is 12.6 Å². The lowest BCUT2D eigenvalue weighted by molar-refractivity contribution is -0.202. The Labute approximate surface area is 180 Å². The Morgan fingerprint density at radius 2 is 1.55 bits per heavy atom. The summed E-state index contributed by atoms with van der Waals surface area (Å²) in [6, 6.07) is 0. The van der Waals surface area contributed by atoms with E-state index in [1.165, 1.54) is 31.9 Å². The summed E-state index contributed by atoms with van der Waals surface area (Å²) in [7, 11) is 0. The van der Waals surface area contributed by atoms with Gasteiger partial charge in [0.05, 0.1) is 5.71 Å². The van der Waals surface area contributed by atoms with Crippen molar-refractivity contribution in [2.75, 3.05) is 6.61 Å². The van der Waals surface area contributed by atoms with E-state index in [1.807, 2.05) is 13.8 Å². The second kappa shape index (κ2) is 10.4. The molecule has 1 heterocycles. The van der Waals surface area contributed by atoms with Crippen LogP contribution in [0.3, 0.4) is 0 Å². The van der Waals surface area contributed by atoms with Crippen molar-refractivity contribution in [2.45, 2.75) is 78.8 Å². The molecule has 1 aliphatic carbocycles. The fraction of sp³-hybridized carbons (Fsp3) is 0.667. The number of nitrogens with zero attached hydrogens (tertiary/aromatic N) is 1. The molecule has 0 aromatic heterocycles. The third-order valence-corrected chi connectivity index (χ3v) is 5.20. The number of carbonyl (C=O) groups is 4. The first kappa shape index (κ1) is 24.4. The summed E-state index contributed by atoms with van der Waals surface area (Å²) >= 11 is 0. The van der Waals surface area contributed by atoms with Crippen LogP contribution in [0, 0.1) is 5.92 Å². The van der Waals surface area contributed by atoms with Crippen LogP contribution in [0.4, 0.5) is 0 Å². The molecule has 0 radical (unpaired) electrons. The summed E-state index contributed by atoms with van der Waals surface area (Å²) in [5.41, 5.74) is 3.16. The van der Waals surface area contributed by atoms with E-state index in [9.17, 15) is 19.2 Å². The SMILES string of the molecule is CC(=O)OC[C@@H](OC(C)=O)[C@H](OC(C)=O)[C@H](OC(C)=O)[C@@H]1ON=C2CC(C)=C(C)C[C@H]21. The zero-order valence-electron chi connectivity index (χ0n) is 18.6. The van der Waals surface area contributed by atoms with E-state index >= 15 is 0 Å². The third-order valence-electron chi connectivity index (χ3n) is 5.20. The van der Waals surface area contributed by atoms with E-state index in [1.54, 1.807) is 0 Å². The van der Waals surface area contributed by atoms with Crippen molar-refractivity contribution in [2.24, 2.45) is 11.1 Å². The van der Waals surface area contributed by atoms with Crippen molar-refractivity contribution in [1.82, 2.24) is 0 Å². The number of rotatable bonds is 8. The average Bonchev–Trinajstić information content (AvgIpc) is 3.03. The van der Waals surface area contributed by atoms with Crippen molar-refractivity contribution >= 4 is 29.6 Å². The smallest absolute Gasteiger partial charge is 0.303 e. The molecule has 1 aliphatic heterocycles. The molecule has 10 heteroatoms. The molecule has 10 nitrogen and oxygen atoms in total. The fourth-order valence-corrected chi connectivity index (χ4v) is 3.74. The minimum atomic E-state index is -1.28. The van der Waals surface area contributed by atoms with Gasteiger partial charge in [0.1, 0.15) is 6.61 Å². The number of carbonyl (C=O) groups excluding carboxylic acids is 4. The highest BCUT2D eigenvalue weighted by molar-refractivity contribution is 5.91. The number of hydrogen-bond donors (Lipinski definition) is 0. The second-order valence-electron chi connectivity index (χ2n) is 7.80. The molecule has 0 N–H and O–H groups in total. The Hall–Kier alpha value is -2.91. The normalized spacial score (nSPS) is 22.8. The zero-order chi connectivity index (χ0) is 23.3. The van der Waals surface area contributed by atoms with Gasteiger partial charge in [-0.3, -0.25) is 19.2 Å². The van der Waals surface area contributed by atoms with E-state index in [-0.39, 0.29) is 5.92 Å². The van der Waals surface area contributed by atoms with E-state index in [0.29, 0.717) is 12.8 Å². The van der Waals surface area contributed by atoms with E-state index in [4.69, 9.17) is 23.8 Å². The standard InChI is InChI=1S/C21H29NO9/c1-10-7-16-17(8-11(10)2)22-31-19(16)21(30-15(6)26)20(29-14(5)25)18(28-13(4)24)9-27-12(3)23/h16,18-21H,7-9H2,1-6H3/t16-,18-,19-,20+,21-/m1/s1. The lowest BCUT2D eigenvalue weighted by Crippen LogP contribution is -2.54. The first-order chi connectivity index (χ1) is 14.5. The van der Waals surface area contributed by atoms with Gasteiger partial charge in [-0.15, -0.1) is 0 Å². The van der Waals surface area contributed by atoms with Crippen molar-refractivity contribution in [1.29, 1.82) is 0 Å². The van der Waals surface area contributed by atoms with Crippen LogP contribution in [0.1, 0.15) is 54.4 Å². The number of esters is 4. The van der Waals surface area contributed by atoms with Gasteiger partial charge in [-0.1, -0.05) is 16.3 Å². The van der Waals surface area contributed by atoms with E-state index < -0.39 is 54.9 Å². The molecule has 0 saturated heterocycles. The highest BCUT2D eigenvalue weighted by Crippen LogP contribution is 2.38. The summed E-state index contributed by atoms with van der Waals surface area (Å²) < 4.78 is 21.2. The number of fused-ring (bicyclic) bond motifs is 1. The first-order valence-electron chi connectivity index (χ1n) is 10.0. The number of hydrogen-bond acceptors (Lipinski definition) is 10. The summed E-state index contributed by atoms with van der Waals surface area (Å²) in [4.78, 5) is 52.5. The third kappa shape index (κ3) is 6.53. The first-order valence-corrected chi connectivity index (χ1v) is 10.0. The molecule has 0 fully saturated rings. The highest BCUT2D eigenvalue weighted by atomic mass is 16.7. The van der Waals surface area contributed by atoms with Gasteiger partial charge in [0.25, 0.3) is 0 Å². The summed E-state index contributed by atoms with van der Waals surface area (Å²) in [6.45, 7) is 8.36. The van der Waals surface area contributed by atoms with Crippen LogP contribution in [-0.2, 0) is 43.0 Å². The Balaban J connectivity index is 2.41. The summed E-state index contributed by atoms with van der Waals surface area (Å²) in [6.07, 6.45) is -3.18. The molecule has 0 bridgehead atoms. The van der Waals surface area contributed by atoms with Gasteiger partial charge < -0.3 is 23.8 Å². The van der Waals surface area contributed by atoms with Gasteiger partial charge in [0.15, 0.2) is 24.4 Å². The van der Waals surface area contributed by atoms with Gasteiger partial charge in [0.2, 0.25) is 0 Å². The Bertz CT molecular complexity index is 801. The lowest BCUT2D eigenvalue weighted by Gasteiger charge is -2.36. The Morgan fingerprint density at radius 1 is 0.935 bits per heavy atom. The highest BCUT2D eigenvalue weighted by Gasteiger charge is 2.50. The number of ether oxygens (including phenoxy) is 4. The molecule has 0 amide bonds. The molecule has 172 valence electrons. The molecule has 2 rings (SSSR count). The van der Waals surface area contributed by atoms with E-state index in [2.05, 4.69) is 5.16 Å². The molecule has 2 aliphatic rings. The van der Waals surface area contributed by atoms with Crippen molar-refractivity contribution in [3.63, 3.8) is 0 Å². The van der Waals surface area contributed by atoms with Crippen LogP contribution < -0.4 is 0 Å². The Morgan fingerprint density at radius 3 is 2.10 bits per heavy atom. The van der Waals surface area contributed by atoms with Crippen LogP contribution in [0.2, 0.25) is 0 Å². The fourth-order valence-electron chi connectivity index (χ4n) is 3.74. The molecule has 0 saturated carbocycles. The molecule has 0 spiro atoms. The average molecular weight is 439 g/mol. The van der Waals surface area contributed by atoms with Crippen LogP contribution in [0.15, 0.2) is 16.3 Å². The lowest BCUT2D eigenvalue weighted by atomic mass is 9.78. The van der Waals surface area contributed by atoms with Gasteiger partial charge in [-0.05, 0) is 20.3 Å². The molecule has 0 aromatic rings. The van der Waals surface area contributed by atoms with Crippen molar-refractivity contribution in [3.05, 3.63) is 11.1 Å². The largest absolute Gasteiger partial charge is 0.462 e. The minimum Gasteiger partial charge on any atom is -0.462 e. The van der Waals surface area contributed by atoms with Crippen LogP contribution in [-0.4, -0.2) is 60.6 Å². The van der Waals surface area contributed by atoms with Crippen LogP contribution >= 0.6 is 0 Å². The van der Waals surface area contributed by atoms with Crippen LogP contribution in [0.25, 0.3) is 0 Å². The van der Waals surface area contributed by atoms with Crippen molar-refractivity contribution in [3.8, 4) is 0 Å². The molecule has 5 atom stereocenters. The van der Waals surface area contributed by atoms with Gasteiger partial charge in [-0.25, -0.2) is 0 Å².